The number of ether oxygens (including phenoxy) is 2. The van der Waals surface area contributed by atoms with Crippen molar-refractivity contribution >= 4 is 23.7 Å². The number of rotatable bonds is 7. The van der Waals surface area contributed by atoms with E-state index in [1.807, 2.05) is 0 Å². The third-order valence-electron chi connectivity index (χ3n) is 4.32. The number of benzene rings is 1. The molecule has 12 nitrogen and oxygen atoms in total. The molecule has 7 N–H and O–H groups in total. The Balaban J connectivity index is 2.10. The van der Waals surface area contributed by atoms with E-state index in [-0.39, 0.29) is 5.75 Å². The van der Waals surface area contributed by atoms with Crippen LogP contribution >= 0.6 is 0 Å². The first kappa shape index (κ1) is 22.4. The van der Waals surface area contributed by atoms with Crippen molar-refractivity contribution in [3.63, 3.8) is 0 Å². The number of carboxylic acid groups (broad SMARTS) is 2. The van der Waals surface area contributed by atoms with Crippen LogP contribution in [-0.2, 0) is 14.3 Å². The molecule has 160 valence electrons. The van der Waals surface area contributed by atoms with Gasteiger partial charge in [-0.05, 0) is 24.3 Å². The summed E-state index contributed by atoms with van der Waals surface area (Å²) in [7, 11) is 1.45. The van der Waals surface area contributed by atoms with Gasteiger partial charge in [0.25, 0.3) is 0 Å². The van der Waals surface area contributed by atoms with Crippen molar-refractivity contribution in [2.45, 2.75) is 37.1 Å². The maximum Gasteiger partial charge on any atom is 0.318 e. The van der Waals surface area contributed by atoms with Crippen LogP contribution in [0.15, 0.2) is 24.3 Å². The molecule has 0 unspecified atom stereocenters. The van der Waals surface area contributed by atoms with E-state index in [9.17, 15) is 29.7 Å². The van der Waals surface area contributed by atoms with Gasteiger partial charge in [0.2, 0.25) is 6.29 Å². The standard InChI is InChI=1S/C17H22N2O10/c1-18-17(27)19-7-2-4-8(5-3-7)28-16-13(22)12(21)11(20)10(29-16)6-9(14(23)24)15(25)26/h2-5,9-13,16,20-22H,6H2,1H3,(H,23,24)(H,25,26)(H2,18,19,27)/t10-,11-,12+,13+,16+/m1/s1. The molecule has 2 rings (SSSR count). The molecule has 0 saturated carbocycles. The number of carbonyl (C=O) groups excluding carboxylic acids is 1. The lowest BCUT2D eigenvalue weighted by atomic mass is 9.91. The average Bonchev–Trinajstić information content (AvgIpc) is 2.68. The molecule has 0 spiro atoms. The van der Waals surface area contributed by atoms with Crippen LogP contribution in [0, 0.1) is 5.92 Å². The van der Waals surface area contributed by atoms with Crippen molar-refractivity contribution < 1.29 is 49.4 Å². The highest BCUT2D eigenvalue weighted by Gasteiger charge is 2.47. The highest BCUT2D eigenvalue weighted by atomic mass is 16.7. The number of anilines is 1. The fourth-order valence-corrected chi connectivity index (χ4v) is 2.69. The lowest BCUT2D eigenvalue weighted by Gasteiger charge is -2.40. The second kappa shape index (κ2) is 9.52. The molecule has 1 aromatic carbocycles. The molecule has 12 heteroatoms. The minimum atomic E-state index is -1.88. The van der Waals surface area contributed by atoms with Crippen molar-refractivity contribution in [3.05, 3.63) is 24.3 Å². The topological polar surface area (TPSA) is 195 Å². The number of hydrogen-bond donors (Lipinski definition) is 7. The van der Waals surface area contributed by atoms with Gasteiger partial charge in [-0.2, -0.15) is 0 Å². The van der Waals surface area contributed by atoms with Crippen LogP contribution in [-0.4, -0.2) is 81.3 Å². The fraction of sp³-hybridized carbons (Fsp3) is 0.471. The Bertz CT molecular complexity index is 726. The number of aliphatic carboxylic acids is 2. The number of carboxylic acids is 2. The zero-order valence-electron chi connectivity index (χ0n) is 15.3. The Hall–Kier alpha value is -2.93. The van der Waals surface area contributed by atoms with Gasteiger partial charge in [-0.3, -0.25) is 9.59 Å². The Morgan fingerprint density at radius 3 is 2.14 bits per heavy atom. The first-order valence-electron chi connectivity index (χ1n) is 8.54. The molecule has 1 aromatic rings. The average molecular weight is 414 g/mol. The first-order valence-corrected chi connectivity index (χ1v) is 8.54. The van der Waals surface area contributed by atoms with Gasteiger partial charge in [0.1, 0.15) is 24.1 Å². The van der Waals surface area contributed by atoms with Crippen molar-refractivity contribution in [2.24, 2.45) is 5.92 Å². The number of urea groups is 1. The monoisotopic (exact) mass is 414 g/mol. The van der Waals surface area contributed by atoms with Crippen LogP contribution in [0.4, 0.5) is 10.5 Å². The van der Waals surface area contributed by atoms with E-state index >= 15 is 0 Å². The minimum absolute atomic E-state index is 0.173. The van der Waals surface area contributed by atoms with E-state index < -0.39 is 61.0 Å². The summed E-state index contributed by atoms with van der Waals surface area (Å²) in [6, 6.07) is 5.42. The molecule has 1 heterocycles. The fourth-order valence-electron chi connectivity index (χ4n) is 2.69. The highest BCUT2D eigenvalue weighted by molar-refractivity contribution is 5.92. The number of amides is 2. The molecule has 1 aliphatic rings. The van der Waals surface area contributed by atoms with Gasteiger partial charge in [0.05, 0.1) is 6.10 Å². The molecule has 1 fully saturated rings. The summed E-state index contributed by atoms with van der Waals surface area (Å²) in [5, 5.41) is 53.0. The Morgan fingerprint density at radius 1 is 1.03 bits per heavy atom. The lowest BCUT2D eigenvalue weighted by Crippen LogP contribution is -2.59. The summed E-state index contributed by atoms with van der Waals surface area (Å²) in [6.45, 7) is 0. The number of nitrogens with one attached hydrogen (secondary N) is 2. The quantitative estimate of drug-likeness (QED) is 0.266. The maximum atomic E-state index is 11.3. The van der Waals surface area contributed by atoms with Crippen LogP contribution in [0.3, 0.4) is 0 Å². The predicted octanol–water partition coefficient (Wildman–Crippen LogP) is -1.20. The van der Waals surface area contributed by atoms with Gasteiger partial charge >= 0.3 is 18.0 Å². The normalized spacial score (nSPS) is 26.6. The molecule has 2 amide bonds. The largest absolute Gasteiger partial charge is 0.481 e. The smallest absolute Gasteiger partial charge is 0.318 e. The van der Waals surface area contributed by atoms with E-state index in [1.165, 1.54) is 31.3 Å². The zero-order chi connectivity index (χ0) is 21.7. The third kappa shape index (κ3) is 5.54. The summed E-state index contributed by atoms with van der Waals surface area (Å²) < 4.78 is 10.8. The third-order valence-corrected chi connectivity index (χ3v) is 4.32. The van der Waals surface area contributed by atoms with Gasteiger partial charge in [-0.25, -0.2) is 4.79 Å². The first-order chi connectivity index (χ1) is 13.6. The second-order valence-corrected chi connectivity index (χ2v) is 6.33. The zero-order valence-corrected chi connectivity index (χ0v) is 15.3. The number of hydrogen-bond acceptors (Lipinski definition) is 8. The summed E-state index contributed by atoms with van der Waals surface area (Å²) in [5.74, 6) is -4.98. The van der Waals surface area contributed by atoms with Crippen LogP contribution in [0.25, 0.3) is 0 Å². The van der Waals surface area contributed by atoms with E-state index in [1.54, 1.807) is 0 Å². The van der Waals surface area contributed by atoms with Gasteiger partial charge in [-0.1, -0.05) is 0 Å². The van der Waals surface area contributed by atoms with E-state index in [0.717, 1.165) is 0 Å². The summed E-state index contributed by atoms with van der Waals surface area (Å²) in [4.78, 5) is 33.4. The summed E-state index contributed by atoms with van der Waals surface area (Å²) in [5.41, 5.74) is 0.445. The second-order valence-electron chi connectivity index (χ2n) is 6.33. The van der Waals surface area contributed by atoms with E-state index in [0.29, 0.717) is 5.69 Å². The summed E-state index contributed by atoms with van der Waals surface area (Å²) >= 11 is 0. The number of aliphatic hydroxyl groups excluding tert-OH is 3. The van der Waals surface area contributed by atoms with Crippen molar-refractivity contribution in [1.29, 1.82) is 0 Å². The van der Waals surface area contributed by atoms with Crippen LogP contribution in [0.1, 0.15) is 6.42 Å². The van der Waals surface area contributed by atoms with Crippen LogP contribution < -0.4 is 15.4 Å². The molecule has 0 bridgehead atoms. The van der Waals surface area contributed by atoms with Crippen LogP contribution in [0.2, 0.25) is 0 Å². The van der Waals surface area contributed by atoms with Gasteiger partial charge < -0.3 is 45.6 Å². The number of carbonyl (C=O) groups is 3. The molecular weight excluding hydrogens is 392 g/mol. The summed E-state index contributed by atoms with van der Waals surface area (Å²) in [6.07, 6.45) is -8.71. The SMILES string of the molecule is CNC(=O)Nc1ccc(O[C@H]2O[C@H](CC(C(=O)O)C(=O)O)[C@@H](O)[C@H](O)[C@@H]2O)cc1. The van der Waals surface area contributed by atoms with Crippen molar-refractivity contribution in [3.8, 4) is 5.75 Å². The molecule has 0 aromatic heterocycles. The Kier molecular flexibility index (Phi) is 7.34. The van der Waals surface area contributed by atoms with Gasteiger partial charge in [0, 0.05) is 19.2 Å². The van der Waals surface area contributed by atoms with Gasteiger partial charge in [-0.15, -0.1) is 0 Å². The maximum absolute atomic E-state index is 11.3. The molecular formula is C17H22N2O10. The lowest BCUT2D eigenvalue weighted by molar-refractivity contribution is -0.275. The van der Waals surface area contributed by atoms with Crippen molar-refractivity contribution in [1.82, 2.24) is 5.32 Å². The highest BCUT2D eigenvalue weighted by Crippen LogP contribution is 2.28. The minimum Gasteiger partial charge on any atom is -0.481 e. The van der Waals surface area contributed by atoms with Crippen LogP contribution in [0.5, 0.6) is 5.75 Å². The van der Waals surface area contributed by atoms with E-state index in [2.05, 4.69) is 10.6 Å². The molecule has 0 radical (unpaired) electrons. The predicted molar refractivity (Wildman–Crippen MR) is 95.2 cm³/mol. The molecule has 1 aliphatic heterocycles. The molecule has 29 heavy (non-hydrogen) atoms. The molecule has 0 aliphatic carbocycles. The van der Waals surface area contributed by atoms with Gasteiger partial charge in [0.15, 0.2) is 5.92 Å². The molecule has 1 saturated heterocycles. The van der Waals surface area contributed by atoms with Crippen molar-refractivity contribution in [2.75, 3.05) is 12.4 Å². The number of aliphatic hydroxyl groups is 3. The molecule has 5 atom stereocenters. The Morgan fingerprint density at radius 2 is 1.62 bits per heavy atom. The Labute approximate surface area is 164 Å². The van der Waals surface area contributed by atoms with E-state index in [4.69, 9.17) is 19.7 Å².